The number of nitrogens with zero attached hydrogens (tertiary/aromatic N) is 3. The molecule has 0 bridgehead atoms. The Morgan fingerprint density at radius 1 is 1.41 bits per heavy atom. The maximum Gasteiger partial charge on any atom is 0.319 e. The SMILES string of the molecule is COCC(=O)N1CC[C@@H](Oc2nc(N)c3ccccc3n2)C1. The van der Waals surface area contributed by atoms with Crippen molar-refractivity contribution in [2.45, 2.75) is 12.5 Å². The van der Waals surface area contributed by atoms with Crippen molar-refractivity contribution in [2.75, 3.05) is 32.5 Å². The van der Waals surface area contributed by atoms with Crippen molar-refractivity contribution in [1.82, 2.24) is 14.9 Å². The fraction of sp³-hybridized carbons (Fsp3) is 0.400. The van der Waals surface area contributed by atoms with Gasteiger partial charge < -0.3 is 20.1 Å². The van der Waals surface area contributed by atoms with E-state index in [9.17, 15) is 4.79 Å². The molecule has 7 nitrogen and oxygen atoms in total. The molecule has 0 spiro atoms. The van der Waals surface area contributed by atoms with E-state index in [1.54, 1.807) is 4.90 Å². The molecule has 1 saturated heterocycles. The fourth-order valence-corrected chi connectivity index (χ4v) is 2.55. The third-order valence-electron chi connectivity index (χ3n) is 3.65. The van der Waals surface area contributed by atoms with Crippen molar-refractivity contribution in [2.24, 2.45) is 0 Å². The molecule has 1 fully saturated rings. The average molecular weight is 302 g/mol. The lowest BCUT2D eigenvalue weighted by Gasteiger charge is -2.16. The molecule has 0 unspecified atom stereocenters. The van der Waals surface area contributed by atoms with Crippen molar-refractivity contribution in [3.63, 3.8) is 0 Å². The van der Waals surface area contributed by atoms with E-state index >= 15 is 0 Å². The molecule has 2 heterocycles. The number of amides is 1. The van der Waals surface area contributed by atoms with Gasteiger partial charge in [-0.1, -0.05) is 12.1 Å². The van der Waals surface area contributed by atoms with Gasteiger partial charge in [0.15, 0.2) is 0 Å². The van der Waals surface area contributed by atoms with Crippen molar-refractivity contribution in [3.05, 3.63) is 24.3 Å². The van der Waals surface area contributed by atoms with Gasteiger partial charge in [0.1, 0.15) is 18.5 Å². The lowest BCUT2D eigenvalue weighted by atomic mass is 10.2. The number of carbonyl (C=O) groups is 1. The minimum absolute atomic E-state index is 0.0347. The number of anilines is 1. The Bertz CT molecular complexity index is 692. The van der Waals surface area contributed by atoms with E-state index in [0.717, 1.165) is 17.3 Å². The predicted molar refractivity (Wildman–Crippen MR) is 81.4 cm³/mol. The maximum atomic E-state index is 11.8. The molecule has 116 valence electrons. The van der Waals surface area contributed by atoms with Gasteiger partial charge in [-0.05, 0) is 12.1 Å². The van der Waals surface area contributed by atoms with Crippen LogP contribution < -0.4 is 10.5 Å². The van der Waals surface area contributed by atoms with Crippen LogP contribution in [0.25, 0.3) is 10.9 Å². The number of carbonyl (C=O) groups excluding carboxylic acids is 1. The molecular formula is C15H18N4O3. The molecule has 0 saturated carbocycles. The van der Waals surface area contributed by atoms with Crippen LogP contribution >= 0.6 is 0 Å². The molecule has 0 radical (unpaired) electrons. The molecule has 3 rings (SSSR count). The van der Waals surface area contributed by atoms with Crippen LogP contribution in [0.1, 0.15) is 6.42 Å². The largest absolute Gasteiger partial charge is 0.458 e. The van der Waals surface area contributed by atoms with Gasteiger partial charge in [0.05, 0.1) is 12.1 Å². The number of rotatable bonds is 4. The number of aromatic nitrogens is 2. The van der Waals surface area contributed by atoms with Gasteiger partial charge in [0.2, 0.25) is 5.91 Å². The number of nitrogen functional groups attached to an aromatic ring is 1. The van der Waals surface area contributed by atoms with Gasteiger partial charge in [-0.3, -0.25) is 4.79 Å². The summed E-state index contributed by atoms with van der Waals surface area (Å²) < 4.78 is 10.6. The van der Waals surface area contributed by atoms with Crippen LogP contribution in [0.2, 0.25) is 0 Å². The lowest BCUT2D eigenvalue weighted by molar-refractivity contribution is -0.134. The smallest absolute Gasteiger partial charge is 0.319 e. The number of benzene rings is 1. The number of likely N-dealkylation sites (tertiary alicyclic amines) is 1. The summed E-state index contributed by atoms with van der Waals surface area (Å²) in [6.45, 7) is 1.25. The minimum Gasteiger partial charge on any atom is -0.458 e. The number of nitrogens with two attached hydrogens (primary N) is 1. The van der Waals surface area contributed by atoms with Crippen LogP contribution in [0.5, 0.6) is 6.01 Å². The van der Waals surface area contributed by atoms with Gasteiger partial charge in [-0.2, -0.15) is 9.97 Å². The third-order valence-corrected chi connectivity index (χ3v) is 3.65. The second-order valence-electron chi connectivity index (χ2n) is 5.21. The summed E-state index contributed by atoms with van der Waals surface area (Å²) in [6, 6.07) is 7.76. The Kier molecular flexibility index (Phi) is 4.06. The van der Waals surface area contributed by atoms with Gasteiger partial charge in [-0.15, -0.1) is 0 Å². The lowest BCUT2D eigenvalue weighted by Crippen LogP contribution is -2.33. The highest BCUT2D eigenvalue weighted by Crippen LogP contribution is 2.22. The first-order chi connectivity index (χ1) is 10.7. The number of hydrogen-bond acceptors (Lipinski definition) is 6. The summed E-state index contributed by atoms with van der Waals surface area (Å²) in [6.07, 6.45) is 0.618. The van der Waals surface area contributed by atoms with Crippen LogP contribution in [0.3, 0.4) is 0 Å². The van der Waals surface area contributed by atoms with Crippen LogP contribution in [-0.4, -0.2) is 53.7 Å². The van der Waals surface area contributed by atoms with Crippen molar-refractivity contribution in [3.8, 4) is 6.01 Å². The summed E-state index contributed by atoms with van der Waals surface area (Å²) in [7, 11) is 1.51. The summed E-state index contributed by atoms with van der Waals surface area (Å²) in [5.74, 6) is 0.360. The molecule has 7 heteroatoms. The molecule has 1 aliphatic heterocycles. The van der Waals surface area contributed by atoms with E-state index in [2.05, 4.69) is 9.97 Å². The van der Waals surface area contributed by atoms with Crippen LogP contribution in [-0.2, 0) is 9.53 Å². The molecule has 1 atom stereocenters. The predicted octanol–water partition coefficient (Wildman–Crippen LogP) is 0.838. The second kappa shape index (κ2) is 6.15. The van der Waals surface area contributed by atoms with Gasteiger partial charge in [0, 0.05) is 25.5 Å². The van der Waals surface area contributed by atoms with Gasteiger partial charge >= 0.3 is 6.01 Å². The topological polar surface area (TPSA) is 90.6 Å². The Balaban J connectivity index is 1.70. The van der Waals surface area contributed by atoms with E-state index in [0.29, 0.717) is 18.9 Å². The number of methoxy groups -OCH3 is 1. The highest BCUT2D eigenvalue weighted by Gasteiger charge is 2.28. The van der Waals surface area contributed by atoms with Crippen molar-refractivity contribution < 1.29 is 14.3 Å². The van der Waals surface area contributed by atoms with Gasteiger partial charge in [0.25, 0.3) is 0 Å². The highest BCUT2D eigenvalue weighted by molar-refractivity contribution is 5.88. The molecule has 1 aliphatic rings. The summed E-state index contributed by atoms with van der Waals surface area (Å²) >= 11 is 0. The molecule has 1 aromatic carbocycles. The molecule has 22 heavy (non-hydrogen) atoms. The average Bonchev–Trinajstić information content (AvgIpc) is 2.96. The van der Waals surface area contributed by atoms with Crippen LogP contribution in [0, 0.1) is 0 Å². The zero-order valence-corrected chi connectivity index (χ0v) is 12.4. The maximum absolute atomic E-state index is 11.8. The second-order valence-corrected chi connectivity index (χ2v) is 5.21. The first-order valence-electron chi connectivity index (χ1n) is 7.13. The first kappa shape index (κ1) is 14.5. The minimum atomic E-state index is -0.124. The molecule has 1 aromatic heterocycles. The summed E-state index contributed by atoms with van der Waals surface area (Å²) in [4.78, 5) is 22.0. The Labute approximate surface area is 128 Å². The number of hydrogen-bond donors (Lipinski definition) is 1. The quantitative estimate of drug-likeness (QED) is 0.900. The first-order valence-corrected chi connectivity index (χ1v) is 7.13. The monoisotopic (exact) mass is 302 g/mol. The van der Waals surface area contributed by atoms with E-state index < -0.39 is 0 Å². The highest BCUT2D eigenvalue weighted by atomic mass is 16.5. The zero-order chi connectivity index (χ0) is 15.5. The van der Waals surface area contributed by atoms with Crippen LogP contribution in [0.4, 0.5) is 5.82 Å². The molecule has 1 amide bonds. The van der Waals surface area contributed by atoms with Crippen molar-refractivity contribution >= 4 is 22.6 Å². The van der Waals surface area contributed by atoms with E-state index in [1.165, 1.54) is 7.11 Å². The van der Waals surface area contributed by atoms with E-state index in [-0.39, 0.29) is 24.6 Å². The van der Waals surface area contributed by atoms with Gasteiger partial charge in [-0.25, -0.2) is 0 Å². The fourth-order valence-electron chi connectivity index (χ4n) is 2.55. The summed E-state index contributed by atoms with van der Waals surface area (Å²) in [5, 5.41) is 0.804. The van der Waals surface area contributed by atoms with E-state index in [1.807, 2.05) is 24.3 Å². The number of ether oxygens (including phenoxy) is 2. The van der Waals surface area contributed by atoms with Crippen molar-refractivity contribution in [1.29, 1.82) is 0 Å². The Morgan fingerprint density at radius 3 is 3.05 bits per heavy atom. The summed E-state index contributed by atoms with van der Waals surface area (Å²) in [5.41, 5.74) is 6.68. The molecular weight excluding hydrogens is 284 g/mol. The molecule has 2 aromatic rings. The Morgan fingerprint density at radius 2 is 2.23 bits per heavy atom. The molecule has 0 aliphatic carbocycles. The zero-order valence-electron chi connectivity index (χ0n) is 12.4. The molecule has 2 N–H and O–H groups in total. The normalized spacial score (nSPS) is 17.9. The van der Waals surface area contributed by atoms with E-state index in [4.69, 9.17) is 15.2 Å². The standard InChI is InChI=1S/C15H18N4O3/c1-21-9-13(20)19-7-6-10(8-19)22-15-17-12-5-3-2-4-11(12)14(16)18-15/h2-5,10H,6-9H2,1H3,(H2,16,17,18)/t10-/m1/s1. The third kappa shape index (κ3) is 2.94. The Hall–Kier alpha value is -2.41. The number of fused-ring (bicyclic) bond motifs is 1. The van der Waals surface area contributed by atoms with Crippen LogP contribution in [0.15, 0.2) is 24.3 Å². The number of para-hydroxylation sites is 1.